The largest absolute Gasteiger partial charge is 0.497 e. The highest BCUT2D eigenvalue weighted by molar-refractivity contribution is 5.99. The predicted octanol–water partition coefficient (Wildman–Crippen LogP) is 2.61. The topological polar surface area (TPSA) is 165 Å². The Morgan fingerprint density at radius 2 is 1.93 bits per heavy atom. The Balaban J connectivity index is 0.000000479. The van der Waals surface area contributed by atoms with Crippen LogP contribution in [0, 0.1) is 5.41 Å². The minimum absolute atomic E-state index is 0.0372. The van der Waals surface area contributed by atoms with E-state index < -0.39 is 11.9 Å². The van der Waals surface area contributed by atoms with Crippen molar-refractivity contribution in [2.24, 2.45) is 10.8 Å². The summed E-state index contributed by atoms with van der Waals surface area (Å²) in [6.07, 6.45) is 7.92. The van der Waals surface area contributed by atoms with Gasteiger partial charge in [0.2, 0.25) is 5.96 Å². The van der Waals surface area contributed by atoms with Crippen LogP contribution in [0.25, 0.3) is 10.9 Å². The van der Waals surface area contributed by atoms with E-state index in [9.17, 15) is 9.59 Å². The molecule has 0 bridgehead atoms. The number of aromatic nitrogens is 1. The molecule has 30 heavy (non-hydrogen) atoms. The number of benzene rings is 1. The van der Waals surface area contributed by atoms with Gasteiger partial charge in [-0.1, -0.05) is 19.8 Å². The highest BCUT2D eigenvalue weighted by Crippen LogP contribution is 2.22. The summed E-state index contributed by atoms with van der Waals surface area (Å²) in [5.41, 5.74) is 7.54. The van der Waals surface area contributed by atoms with E-state index in [2.05, 4.69) is 17.0 Å². The van der Waals surface area contributed by atoms with E-state index >= 15 is 0 Å². The number of unbranched alkanes of at least 4 members (excludes halogenated alkanes) is 2. The van der Waals surface area contributed by atoms with Crippen LogP contribution in [-0.2, 0) is 9.59 Å². The van der Waals surface area contributed by atoms with E-state index in [1.165, 1.54) is 5.01 Å². The lowest BCUT2D eigenvalue weighted by molar-refractivity contribution is -0.134. The van der Waals surface area contributed by atoms with Gasteiger partial charge in [-0.25, -0.2) is 14.6 Å². The highest BCUT2D eigenvalue weighted by Gasteiger charge is 2.06. The summed E-state index contributed by atoms with van der Waals surface area (Å²) in [5, 5.41) is 30.1. The van der Waals surface area contributed by atoms with E-state index in [0.717, 1.165) is 41.5 Å². The number of carboxylic acid groups (broad SMARTS) is 2. The first-order valence-electron chi connectivity index (χ1n) is 9.23. The molecule has 0 saturated carbocycles. The second-order valence-corrected chi connectivity index (χ2v) is 6.13. The molecule has 0 spiro atoms. The predicted molar refractivity (Wildman–Crippen MR) is 115 cm³/mol. The summed E-state index contributed by atoms with van der Waals surface area (Å²) < 4.78 is 5.25. The van der Waals surface area contributed by atoms with Gasteiger partial charge in [-0.15, -0.1) is 0 Å². The van der Waals surface area contributed by atoms with Gasteiger partial charge in [-0.3, -0.25) is 5.41 Å². The van der Waals surface area contributed by atoms with Crippen LogP contribution in [0.15, 0.2) is 41.6 Å². The molecule has 0 fully saturated rings. The third kappa shape index (κ3) is 8.46. The minimum Gasteiger partial charge on any atom is -0.497 e. The molecule has 1 heterocycles. The fraction of sp³-hybridized carbons (Fsp3) is 0.300. The summed E-state index contributed by atoms with van der Waals surface area (Å²) in [6.45, 7) is 2.80. The molecule has 2 aromatic rings. The van der Waals surface area contributed by atoms with Gasteiger partial charge in [0.05, 0.1) is 13.3 Å². The number of carboxylic acids is 2. The molecule has 2 rings (SSSR count). The first kappa shape index (κ1) is 24.2. The average molecular weight is 417 g/mol. The molecule has 1 aromatic carbocycles. The van der Waals surface area contributed by atoms with Crippen LogP contribution >= 0.6 is 0 Å². The molecule has 0 unspecified atom stereocenters. The maximum atomic E-state index is 9.55. The Kier molecular flexibility index (Phi) is 10.2. The quantitative estimate of drug-likeness (QED) is 0.137. The fourth-order valence-electron chi connectivity index (χ4n) is 2.38. The number of guanidine groups is 1. The second kappa shape index (κ2) is 12.6. The number of methoxy groups -OCH3 is 1. The van der Waals surface area contributed by atoms with Gasteiger partial charge >= 0.3 is 11.9 Å². The van der Waals surface area contributed by atoms with Crippen LogP contribution < -0.4 is 10.5 Å². The average Bonchev–Trinajstić information content (AvgIpc) is 3.11. The Hall–Kier alpha value is -3.82. The Morgan fingerprint density at radius 1 is 1.27 bits per heavy atom. The zero-order chi connectivity index (χ0) is 22.5. The molecule has 1 aromatic heterocycles. The maximum Gasteiger partial charge on any atom is 0.328 e. The van der Waals surface area contributed by atoms with Crippen molar-refractivity contribution < 1.29 is 24.5 Å². The zero-order valence-corrected chi connectivity index (χ0v) is 17.0. The molecule has 0 saturated heterocycles. The van der Waals surface area contributed by atoms with Crippen molar-refractivity contribution in [1.82, 2.24) is 9.99 Å². The van der Waals surface area contributed by atoms with Gasteiger partial charge in [0, 0.05) is 41.4 Å². The van der Waals surface area contributed by atoms with E-state index in [0.29, 0.717) is 18.7 Å². The minimum atomic E-state index is -1.26. The van der Waals surface area contributed by atoms with Crippen LogP contribution in [0.5, 0.6) is 5.75 Å². The summed E-state index contributed by atoms with van der Waals surface area (Å²) in [6, 6.07) is 5.84. The molecule has 162 valence electrons. The van der Waals surface area contributed by atoms with Crippen molar-refractivity contribution in [1.29, 1.82) is 5.41 Å². The molecule has 10 heteroatoms. The molecular weight excluding hydrogens is 390 g/mol. The molecule has 0 aliphatic rings. The monoisotopic (exact) mass is 417 g/mol. The van der Waals surface area contributed by atoms with Crippen molar-refractivity contribution in [3.8, 4) is 5.75 Å². The number of carbonyl (C=O) groups is 2. The van der Waals surface area contributed by atoms with Crippen molar-refractivity contribution in [3.63, 3.8) is 0 Å². The number of hydrogen-bond acceptors (Lipinski definition) is 5. The SMILES string of the molecule is CCCCCN(/N=C\c1c[nH]c2ccc(OC)cc12)C(=N)N.O=C(O)/C=C\C(=O)O. The number of nitrogens with one attached hydrogen (secondary N) is 2. The lowest BCUT2D eigenvalue weighted by Gasteiger charge is -2.15. The molecule has 6 N–H and O–H groups in total. The number of nitrogens with zero attached hydrogens (tertiary/aromatic N) is 2. The number of aliphatic carboxylic acids is 2. The van der Waals surface area contributed by atoms with Gasteiger partial charge in [-0.2, -0.15) is 5.10 Å². The van der Waals surface area contributed by atoms with E-state index in [-0.39, 0.29) is 5.96 Å². The zero-order valence-electron chi connectivity index (χ0n) is 17.0. The number of ether oxygens (including phenoxy) is 1. The Bertz CT molecular complexity index is 903. The highest BCUT2D eigenvalue weighted by atomic mass is 16.5. The molecule has 0 aliphatic heterocycles. The number of H-pyrrole nitrogens is 1. The van der Waals surface area contributed by atoms with E-state index in [1.807, 2.05) is 24.4 Å². The number of hydrogen-bond donors (Lipinski definition) is 5. The van der Waals surface area contributed by atoms with Gasteiger partial charge in [-0.05, 0) is 24.6 Å². The normalized spacial score (nSPS) is 10.7. The number of aromatic amines is 1. The van der Waals surface area contributed by atoms with Crippen molar-refractivity contribution >= 4 is 35.0 Å². The van der Waals surface area contributed by atoms with Crippen molar-refractivity contribution in [2.45, 2.75) is 26.2 Å². The lowest BCUT2D eigenvalue weighted by atomic mass is 10.2. The third-order valence-corrected chi connectivity index (χ3v) is 3.88. The van der Waals surface area contributed by atoms with Crippen LogP contribution in [0.3, 0.4) is 0 Å². The van der Waals surface area contributed by atoms with Crippen molar-refractivity contribution in [2.75, 3.05) is 13.7 Å². The number of rotatable bonds is 9. The molecule has 0 atom stereocenters. The van der Waals surface area contributed by atoms with E-state index in [4.69, 9.17) is 26.1 Å². The first-order chi connectivity index (χ1) is 14.3. The second-order valence-electron chi connectivity index (χ2n) is 6.13. The number of nitrogens with two attached hydrogens (primary N) is 1. The summed E-state index contributed by atoms with van der Waals surface area (Å²) in [4.78, 5) is 22.3. The van der Waals surface area contributed by atoms with Crippen LogP contribution in [-0.4, -0.2) is 58.0 Å². The number of hydrazone groups is 1. The number of fused-ring (bicyclic) bond motifs is 1. The molecule has 0 aliphatic carbocycles. The lowest BCUT2D eigenvalue weighted by Crippen LogP contribution is -2.33. The first-order valence-corrected chi connectivity index (χ1v) is 9.23. The Morgan fingerprint density at radius 3 is 2.47 bits per heavy atom. The molecule has 0 radical (unpaired) electrons. The Labute approximate surface area is 174 Å². The molecule has 0 amide bonds. The van der Waals surface area contributed by atoms with Gasteiger partial charge in [0.1, 0.15) is 5.75 Å². The van der Waals surface area contributed by atoms with Crippen LogP contribution in [0.2, 0.25) is 0 Å². The van der Waals surface area contributed by atoms with Gasteiger partial charge in [0.25, 0.3) is 0 Å². The maximum absolute atomic E-state index is 9.55. The van der Waals surface area contributed by atoms with Gasteiger partial charge in [0.15, 0.2) is 0 Å². The smallest absolute Gasteiger partial charge is 0.328 e. The summed E-state index contributed by atoms with van der Waals surface area (Å²) in [7, 11) is 1.65. The summed E-state index contributed by atoms with van der Waals surface area (Å²) >= 11 is 0. The standard InChI is InChI=1S/C16H23N5O.C4H4O4/c1-3-4-5-8-21(16(17)18)20-11-12-10-19-15-7-6-13(22-2)9-14(12)15;5-3(6)1-2-4(7)8/h6-7,9-11,19H,3-5,8H2,1-2H3,(H3,17,18);1-2H,(H,5,6)(H,7,8)/b20-11-;2-1-. The van der Waals surface area contributed by atoms with Crippen LogP contribution in [0.1, 0.15) is 31.7 Å². The van der Waals surface area contributed by atoms with Gasteiger partial charge < -0.3 is 25.7 Å². The summed E-state index contributed by atoms with van der Waals surface area (Å²) in [5.74, 6) is -1.75. The van der Waals surface area contributed by atoms with Crippen molar-refractivity contribution in [3.05, 3.63) is 42.1 Å². The molecular formula is C20H27N5O5. The van der Waals surface area contributed by atoms with E-state index in [1.54, 1.807) is 13.3 Å². The third-order valence-electron chi connectivity index (χ3n) is 3.88. The molecule has 10 nitrogen and oxygen atoms in total. The fourth-order valence-corrected chi connectivity index (χ4v) is 2.38. The van der Waals surface area contributed by atoms with Crippen LogP contribution in [0.4, 0.5) is 0 Å².